The fourth-order valence-corrected chi connectivity index (χ4v) is 2.04. The van der Waals surface area contributed by atoms with E-state index in [1.54, 1.807) is 12.1 Å². The summed E-state index contributed by atoms with van der Waals surface area (Å²) in [7, 11) is 0. The molecule has 1 saturated heterocycles. The number of hydrogen-bond acceptors (Lipinski definition) is 4. The van der Waals surface area contributed by atoms with Crippen molar-refractivity contribution in [1.29, 1.82) is 0 Å². The zero-order chi connectivity index (χ0) is 14.6. The smallest absolute Gasteiger partial charge is 0.277 e. The van der Waals surface area contributed by atoms with Crippen molar-refractivity contribution >= 4 is 36.5 Å². The first-order valence-corrected chi connectivity index (χ1v) is 6.59. The number of anilines is 1. The van der Waals surface area contributed by atoms with Crippen molar-refractivity contribution in [2.75, 3.05) is 31.1 Å². The monoisotopic (exact) mass is 356 g/mol. The van der Waals surface area contributed by atoms with E-state index >= 15 is 0 Å². The Hall–Kier alpha value is -1.18. The van der Waals surface area contributed by atoms with Crippen LogP contribution in [0.3, 0.4) is 0 Å². The van der Waals surface area contributed by atoms with Crippen molar-refractivity contribution < 1.29 is 13.6 Å². The summed E-state index contributed by atoms with van der Waals surface area (Å²) in [5.41, 5.74) is 5.17. The average Bonchev–Trinajstić information content (AvgIpc) is 2.99. The van der Waals surface area contributed by atoms with Crippen molar-refractivity contribution in [2.24, 2.45) is 5.73 Å². The van der Waals surface area contributed by atoms with Gasteiger partial charge >= 0.3 is 0 Å². The largest absolute Gasteiger partial charge is 0.357 e. The fourth-order valence-electron chi connectivity index (χ4n) is 2.04. The van der Waals surface area contributed by atoms with Crippen LogP contribution in [0.4, 0.5) is 14.6 Å². The molecule has 0 saturated carbocycles. The zero-order valence-electron chi connectivity index (χ0n) is 11.9. The van der Waals surface area contributed by atoms with Crippen molar-refractivity contribution in [3.63, 3.8) is 0 Å². The fraction of sp³-hybridized carbons (Fsp3) is 0.538. The summed E-state index contributed by atoms with van der Waals surface area (Å²) in [5.74, 6) is -2.84. The van der Waals surface area contributed by atoms with Crippen LogP contribution in [-0.2, 0) is 0 Å². The van der Waals surface area contributed by atoms with E-state index in [9.17, 15) is 13.6 Å². The first-order chi connectivity index (χ1) is 9.52. The lowest BCUT2D eigenvalue weighted by Crippen LogP contribution is -2.41. The molecule has 0 spiro atoms. The van der Waals surface area contributed by atoms with Gasteiger partial charge in [-0.1, -0.05) is 0 Å². The predicted octanol–water partition coefficient (Wildman–Crippen LogP) is 1.85. The SMILES string of the molecule is Cl.Cl.NCC(F)(F)CNC(=O)c1ccc(N2CCCC2)nc1. The second-order valence-corrected chi connectivity index (χ2v) is 4.84. The van der Waals surface area contributed by atoms with E-state index in [-0.39, 0.29) is 30.4 Å². The number of aromatic nitrogens is 1. The highest BCUT2D eigenvalue weighted by molar-refractivity contribution is 5.94. The quantitative estimate of drug-likeness (QED) is 0.844. The molecule has 0 atom stereocenters. The van der Waals surface area contributed by atoms with Crippen molar-refractivity contribution in [3.05, 3.63) is 23.9 Å². The van der Waals surface area contributed by atoms with E-state index in [2.05, 4.69) is 15.2 Å². The molecule has 1 amide bonds. The second-order valence-electron chi connectivity index (χ2n) is 4.84. The minimum absolute atomic E-state index is 0. The topological polar surface area (TPSA) is 71.2 Å². The maximum Gasteiger partial charge on any atom is 0.277 e. The summed E-state index contributed by atoms with van der Waals surface area (Å²) < 4.78 is 25.9. The van der Waals surface area contributed by atoms with E-state index in [0.29, 0.717) is 0 Å². The van der Waals surface area contributed by atoms with Gasteiger partial charge < -0.3 is 16.0 Å². The van der Waals surface area contributed by atoms with Crippen LogP contribution < -0.4 is 16.0 Å². The molecule has 1 aromatic heterocycles. The summed E-state index contributed by atoms with van der Waals surface area (Å²) in [5, 5.41) is 2.16. The van der Waals surface area contributed by atoms with E-state index < -0.39 is 24.9 Å². The normalized spacial score (nSPS) is 14.0. The maximum atomic E-state index is 12.9. The minimum Gasteiger partial charge on any atom is -0.357 e. The van der Waals surface area contributed by atoms with Gasteiger partial charge in [-0.05, 0) is 25.0 Å². The number of pyridine rings is 1. The molecule has 126 valence electrons. The van der Waals surface area contributed by atoms with Gasteiger partial charge in [0.1, 0.15) is 5.82 Å². The molecule has 22 heavy (non-hydrogen) atoms. The van der Waals surface area contributed by atoms with Crippen LogP contribution >= 0.6 is 24.8 Å². The van der Waals surface area contributed by atoms with E-state index in [1.165, 1.54) is 6.20 Å². The molecule has 1 aliphatic heterocycles. The minimum atomic E-state index is -3.08. The molecule has 0 aromatic carbocycles. The third kappa shape index (κ3) is 5.55. The lowest BCUT2D eigenvalue weighted by molar-refractivity contribution is 0.0118. The number of alkyl halides is 2. The van der Waals surface area contributed by atoms with Crippen LogP contribution in [0.5, 0.6) is 0 Å². The summed E-state index contributed by atoms with van der Waals surface area (Å²) in [6.45, 7) is 0.359. The molecule has 2 rings (SSSR count). The van der Waals surface area contributed by atoms with Gasteiger partial charge in [0.05, 0.1) is 18.7 Å². The summed E-state index contributed by atoms with van der Waals surface area (Å²) >= 11 is 0. The highest BCUT2D eigenvalue weighted by Gasteiger charge is 2.27. The Morgan fingerprint density at radius 2 is 1.95 bits per heavy atom. The molecule has 0 unspecified atom stereocenters. The number of halogens is 4. The number of amides is 1. The Balaban J connectivity index is 0.00000220. The number of hydrogen-bond donors (Lipinski definition) is 2. The lowest BCUT2D eigenvalue weighted by atomic mass is 10.2. The van der Waals surface area contributed by atoms with Gasteiger partial charge in [0.15, 0.2) is 0 Å². The van der Waals surface area contributed by atoms with Crippen LogP contribution in [0.1, 0.15) is 23.2 Å². The molecule has 3 N–H and O–H groups in total. The molecular weight excluding hydrogens is 337 g/mol. The van der Waals surface area contributed by atoms with E-state index in [1.807, 2.05) is 0 Å². The van der Waals surface area contributed by atoms with Crippen molar-refractivity contribution in [3.8, 4) is 0 Å². The van der Waals surface area contributed by atoms with Crippen LogP contribution in [0, 0.1) is 0 Å². The number of nitrogens with one attached hydrogen (secondary N) is 1. The third-order valence-corrected chi connectivity index (χ3v) is 3.25. The van der Waals surface area contributed by atoms with E-state index in [4.69, 9.17) is 5.73 Å². The van der Waals surface area contributed by atoms with Gasteiger partial charge in [-0.15, -0.1) is 24.8 Å². The molecule has 1 aliphatic rings. The van der Waals surface area contributed by atoms with Gasteiger partial charge in [0, 0.05) is 19.3 Å². The Kier molecular flexibility index (Phi) is 8.58. The Morgan fingerprint density at radius 1 is 1.32 bits per heavy atom. The standard InChI is InChI=1S/C13H18F2N4O.2ClH/c14-13(15,8-16)9-18-12(20)10-3-4-11(17-7-10)19-5-1-2-6-19;;/h3-4,7H,1-2,5-6,8-9,16H2,(H,18,20);2*1H. The molecule has 1 fully saturated rings. The molecular formula is C13H20Cl2F2N4O. The van der Waals surface area contributed by atoms with Crippen LogP contribution in [0.25, 0.3) is 0 Å². The third-order valence-electron chi connectivity index (χ3n) is 3.25. The Labute approximate surface area is 140 Å². The maximum absolute atomic E-state index is 12.9. The van der Waals surface area contributed by atoms with Crippen LogP contribution in [0.2, 0.25) is 0 Å². The van der Waals surface area contributed by atoms with Crippen molar-refractivity contribution in [2.45, 2.75) is 18.8 Å². The highest BCUT2D eigenvalue weighted by atomic mass is 35.5. The first kappa shape index (κ1) is 20.8. The van der Waals surface area contributed by atoms with Crippen LogP contribution in [0.15, 0.2) is 18.3 Å². The molecule has 0 aliphatic carbocycles. The number of carbonyl (C=O) groups is 1. The van der Waals surface area contributed by atoms with Gasteiger partial charge in [-0.25, -0.2) is 13.8 Å². The number of nitrogens with two attached hydrogens (primary N) is 1. The Bertz CT molecular complexity index is 468. The lowest BCUT2D eigenvalue weighted by Gasteiger charge is -2.17. The zero-order valence-corrected chi connectivity index (χ0v) is 13.6. The first-order valence-electron chi connectivity index (χ1n) is 6.59. The van der Waals surface area contributed by atoms with E-state index in [0.717, 1.165) is 31.7 Å². The number of rotatable bonds is 5. The van der Waals surface area contributed by atoms with Gasteiger partial charge in [0.25, 0.3) is 11.8 Å². The summed E-state index contributed by atoms with van der Waals surface area (Å²) in [6, 6.07) is 3.33. The molecule has 5 nitrogen and oxygen atoms in total. The summed E-state index contributed by atoms with van der Waals surface area (Å²) in [6.07, 6.45) is 3.68. The average molecular weight is 357 g/mol. The van der Waals surface area contributed by atoms with Gasteiger partial charge in [0.2, 0.25) is 0 Å². The number of nitrogens with zero attached hydrogens (tertiary/aromatic N) is 2. The molecule has 1 aromatic rings. The van der Waals surface area contributed by atoms with Crippen LogP contribution in [-0.4, -0.2) is 43.0 Å². The predicted molar refractivity (Wildman–Crippen MR) is 86.5 cm³/mol. The Morgan fingerprint density at radius 3 is 2.45 bits per heavy atom. The van der Waals surface area contributed by atoms with Gasteiger partial charge in [-0.3, -0.25) is 4.79 Å². The molecule has 2 heterocycles. The number of carbonyl (C=O) groups excluding carboxylic acids is 1. The summed E-state index contributed by atoms with van der Waals surface area (Å²) in [4.78, 5) is 18.0. The molecule has 0 bridgehead atoms. The highest BCUT2D eigenvalue weighted by Crippen LogP contribution is 2.17. The van der Waals surface area contributed by atoms with Crippen molar-refractivity contribution in [1.82, 2.24) is 10.3 Å². The van der Waals surface area contributed by atoms with Gasteiger partial charge in [-0.2, -0.15) is 0 Å². The second kappa shape index (κ2) is 9.07. The molecule has 0 radical (unpaired) electrons. The molecule has 9 heteroatoms.